The summed E-state index contributed by atoms with van der Waals surface area (Å²) in [5.74, 6) is 1.30. The minimum absolute atomic E-state index is 0.208. The van der Waals surface area contributed by atoms with Crippen LogP contribution in [0.25, 0.3) is 0 Å². The van der Waals surface area contributed by atoms with E-state index in [1.807, 2.05) is 37.1 Å². The summed E-state index contributed by atoms with van der Waals surface area (Å²) in [5, 5.41) is 0. The molecule has 2 aromatic rings. The van der Waals surface area contributed by atoms with Crippen LogP contribution in [0.3, 0.4) is 0 Å². The molecule has 4 heteroatoms. The lowest BCUT2D eigenvalue weighted by Gasteiger charge is -2.28. The molecule has 0 N–H and O–H groups in total. The van der Waals surface area contributed by atoms with Gasteiger partial charge in [-0.05, 0) is 37.2 Å². The summed E-state index contributed by atoms with van der Waals surface area (Å²) in [6.07, 6.45) is -1.08. The fourth-order valence-electron chi connectivity index (χ4n) is 2.60. The third-order valence-corrected chi connectivity index (χ3v) is 4.11. The van der Waals surface area contributed by atoms with E-state index in [0.717, 1.165) is 0 Å². The molecule has 3 rings (SSSR count). The number of likely N-dealkylation sites (N-methyl/N-ethyl adjacent to an activating group) is 1. The van der Waals surface area contributed by atoms with Gasteiger partial charge in [0.2, 0.25) is 6.79 Å². The number of fused-ring (bicyclic) bond motifs is 1. The van der Waals surface area contributed by atoms with Gasteiger partial charge in [0.15, 0.2) is 11.5 Å². The Morgan fingerprint density at radius 1 is 1.09 bits per heavy atom. The van der Waals surface area contributed by atoms with E-state index in [0.29, 0.717) is 23.6 Å². The highest BCUT2D eigenvalue weighted by Gasteiger charge is 2.24. The number of hydrogen-bond acceptors (Lipinski definition) is 3. The summed E-state index contributed by atoms with van der Waals surface area (Å²) in [6, 6.07) is 15.1. The molecule has 0 bridgehead atoms. The van der Waals surface area contributed by atoms with E-state index in [9.17, 15) is 4.39 Å². The fourth-order valence-corrected chi connectivity index (χ4v) is 2.60. The number of benzene rings is 2. The van der Waals surface area contributed by atoms with E-state index in [1.165, 1.54) is 5.56 Å². The van der Waals surface area contributed by atoms with E-state index in [-0.39, 0.29) is 12.8 Å². The number of nitrogens with zero attached hydrogens (tertiary/aromatic N) is 1. The second kappa shape index (κ2) is 6.36. The van der Waals surface area contributed by atoms with Crippen molar-refractivity contribution >= 4 is 0 Å². The molecule has 3 nitrogen and oxygen atoms in total. The Labute approximate surface area is 130 Å². The highest BCUT2D eigenvalue weighted by Crippen LogP contribution is 2.36. The highest BCUT2D eigenvalue weighted by molar-refractivity contribution is 5.45. The van der Waals surface area contributed by atoms with Crippen LogP contribution in [0.15, 0.2) is 48.5 Å². The van der Waals surface area contributed by atoms with Crippen LogP contribution in [0.5, 0.6) is 11.5 Å². The third-order valence-electron chi connectivity index (χ3n) is 4.11. The summed E-state index contributed by atoms with van der Waals surface area (Å²) < 4.78 is 25.4. The summed E-state index contributed by atoms with van der Waals surface area (Å²) in [7, 11) is 1.94. The van der Waals surface area contributed by atoms with Gasteiger partial charge in [-0.15, -0.1) is 0 Å². The molecule has 0 saturated carbocycles. The largest absolute Gasteiger partial charge is 0.454 e. The van der Waals surface area contributed by atoms with Crippen molar-refractivity contribution in [2.45, 2.75) is 25.7 Å². The molecule has 1 aliphatic rings. The molecule has 0 unspecified atom stereocenters. The number of alkyl halides is 1. The van der Waals surface area contributed by atoms with Crippen molar-refractivity contribution in [2.75, 3.05) is 13.8 Å². The molecule has 1 aliphatic heterocycles. The van der Waals surface area contributed by atoms with Gasteiger partial charge in [0.25, 0.3) is 0 Å². The van der Waals surface area contributed by atoms with E-state index >= 15 is 0 Å². The maximum Gasteiger partial charge on any atom is 0.231 e. The van der Waals surface area contributed by atoms with Crippen molar-refractivity contribution in [3.63, 3.8) is 0 Å². The first-order valence-corrected chi connectivity index (χ1v) is 7.43. The lowest BCUT2D eigenvalue weighted by molar-refractivity contribution is 0.142. The number of hydrogen-bond donors (Lipinski definition) is 0. The molecular formula is C18H20FNO2. The van der Waals surface area contributed by atoms with Crippen molar-refractivity contribution < 1.29 is 13.9 Å². The zero-order valence-electron chi connectivity index (χ0n) is 12.8. The summed E-state index contributed by atoms with van der Waals surface area (Å²) in [4.78, 5) is 2.02. The van der Waals surface area contributed by atoms with Crippen LogP contribution in [0.4, 0.5) is 4.39 Å². The van der Waals surface area contributed by atoms with Crippen LogP contribution in [-0.4, -0.2) is 24.8 Å². The van der Waals surface area contributed by atoms with Gasteiger partial charge in [0.05, 0.1) is 0 Å². The first-order valence-electron chi connectivity index (χ1n) is 7.43. The standard InChI is InChI=1S/C18H20FNO2/c1-13(20(2)11-14-6-4-3-5-7-14)18(19)15-8-9-16-17(10-15)22-12-21-16/h3-10,13,18H,11-12H2,1-2H3/t13-,18-/m1/s1. The first-order chi connectivity index (χ1) is 10.6. The van der Waals surface area contributed by atoms with E-state index in [4.69, 9.17) is 9.47 Å². The van der Waals surface area contributed by atoms with Gasteiger partial charge in [-0.2, -0.15) is 0 Å². The third kappa shape index (κ3) is 3.07. The zero-order valence-corrected chi connectivity index (χ0v) is 12.8. The quantitative estimate of drug-likeness (QED) is 0.835. The molecule has 0 saturated heterocycles. The molecule has 2 aromatic carbocycles. The summed E-state index contributed by atoms with van der Waals surface area (Å²) >= 11 is 0. The Balaban J connectivity index is 1.69. The molecule has 116 valence electrons. The maximum absolute atomic E-state index is 14.8. The first kappa shape index (κ1) is 14.9. The molecule has 0 spiro atoms. The van der Waals surface area contributed by atoms with E-state index < -0.39 is 6.17 Å². The minimum atomic E-state index is -1.08. The van der Waals surface area contributed by atoms with Crippen molar-refractivity contribution in [1.29, 1.82) is 0 Å². The SMILES string of the molecule is C[C@H]([C@@H](F)c1ccc2c(c1)OCO2)N(C)Cc1ccccc1. The van der Waals surface area contributed by atoms with Crippen molar-refractivity contribution in [1.82, 2.24) is 4.90 Å². The smallest absolute Gasteiger partial charge is 0.231 e. The second-order valence-electron chi connectivity index (χ2n) is 5.66. The predicted octanol–water partition coefficient (Wildman–Crippen LogP) is 3.95. The molecule has 0 aromatic heterocycles. The van der Waals surface area contributed by atoms with Crippen LogP contribution in [0.2, 0.25) is 0 Å². The Kier molecular flexibility index (Phi) is 4.29. The molecule has 0 amide bonds. The summed E-state index contributed by atoms with van der Waals surface area (Å²) in [5.41, 5.74) is 1.80. The van der Waals surface area contributed by atoms with Crippen LogP contribution < -0.4 is 9.47 Å². The van der Waals surface area contributed by atoms with Gasteiger partial charge in [0.1, 0.15) is 6.17 Å². The lowest BCUT2D eigenvalue weighted by Crippen LogP contribution is -2.32. The highest BCUT2D eigenvalue weighted by atomic mass is 19.1. The number of halogens is 1. The Morgan fingerprint density at radius 3 is 2.59 bits per heavy atom. The topological polar surface area (TPSA) is 21.7 Å². The van der Waals surface area contributed by atoms with E-state index in [1.54, 1.807) is 18.2 Å². The summed E-state index contributed by atoms with van der Waals surface area (Å²) in [6.45, 7) is 2.82. The molecular weight excluding hydrogens is 281 g/mol. The predicted molar refractivity (Wildman–Crippen MR) is 83.8 cm³/mol. The van der Waals surface area contributed by atoms with Crippen molar-refractivity contribution in [3.05, 3.63) is 59.7 Å². The fraction of sp³-hybridized carbons (Fsp3) is 0.333. The Hall–Kier alpha value is -2.07. The van der Waals surface area contributed by atoms with Crippen LogP contribution >= 0.6 is 0 Å². The molecule has 2 atom stereocenters. The van der Waals surface area contributed by atoms with Gasteiger partial charge in [0, 0.05) is 12.6 Å². The zero-order chi connectivity index (χ0) is 15.5. The lowest BCUT2D eigenvalue weighted by atomic mass is 10.0. The van der Waals surface area contributed by atoms with Gasteiger partial charge in [-0.1, -0.05) is 36.4 Å². The van der Waals surface area contributed by atoms with Crippen molar-refractivity contribution in [3.8, 4) is 11.5 Å². The van der Waals surface area contributed by atoms with Gasteiger partial charge in [-0.3, -0.25) is 4.90 Å². The Morgan fingerprint density at radius 2 is 1.82 bits per heavy atom. The molecule has 22 heavy (non-hydrogen) atoms. The van der Waals surface area contributed by atoms with Gasteiger partial charge >= 0.3 is 0 Å². The average Bonchev–Trinajstić information content (AvgIpc) is 3.02. The van der Waals surface area contributed by atoms with E-state index in [2.05, 4.69) is 12.1 Å². The molecule has 0 radical (unpaired) electrons. The van der Waals surface area contributed by atoms with Gasteiger partial charge < -0.3 is 9.47 Å². The van der Waals surface area contributed by atoms with Crippen LogP contribution in [0.1, 0.15) is 24.2 Å². The molecule has 0 aliphatic carbocycles. The number of rotatable bonds is 5. The van der Waals surface area contributed by atoms with Crippen LogP contribution in [-0.2, 0) is 6.54 Å². The molecule has 0 fully saturated rings. The second-order valence-corrected chi connectivity index (χ2v) is 5.66. The van der Waals surface area contributed by atoms with Crippen LogP contribution in [0, 0.1) is 0 Å². The van der Waals surface area contributed by atoms with Crippen molar-refractivity contribution in [2.24, 2.45) is 0 Å². The molecule has 1 heterocycles. The minimum Gasteiger partial charge on any atom is -0.454 e. The van der Waals surface area contributed by atoms with Gasteiger partial charge in [-0.25, -0.2) is 4.39 Å². The maximum atomic E-state index is 14.8. The normalized spacial score (nSPS) is 15.8. The number of ether oxygens (including phenoxy) is 2. The monoisotopic (exact) mass is 301 g/mol. The Bertz CT molecular complexity index is 632. The average molecular weight is 301 g/mol.